The van der Waals surface area contributed by atoms with Crippen molar-refractivity contribution in [3.8, 4) is 0 Å². The van der Waals surface area contributed by atoms with Gasteiger partial charge in [0.2, 0.25) is 0 Å². The molecular weight excluding hydrogens is 306 g/mol. The van der Waals surface area contributed by atoms with E-state index in [1.807, 2.05) is 31.2 Å². The Morgan fingerprint density at radius 3 is 2.50 bits per heavy atom. The number of ether oxygens (including phenoxy) is 2. The molecule has 5 heteroatoms. The molecule has 0 aliphatic carbocycles. The van der Waals surface area contributed by atoms with Crippen LogP contribution in [0.15, 0.2) is 29.8 Å². The van der Waals surface area contributed by atoms with Crippen molar-refractivity contribution in [2.24, 2.45) is 0 Å². The molecule has 0 atom stereocenters. The average molecular weight is 331 g/mol. The lowest BCUT2D eigenvalue weighted by Gasteiger charge is -2.26. The van der Waals surface area contributed by atoms with Crippen LogP contribution >= 0.6 is 0 Å². The number of carbonyl (C=O) groups excluding carboxylic acids is 2. The van der Waals surface area contributed by atoms with Gasteiger partial charge in [0.25, 0.3) is 0 Å². The predicted octanol–water partition coefficient (Wildman–Crippen LogP) is 2.23. The lowest BCUT2D eigenvalue weighted by molar-refractivity contribution is -0.139. The fraction of sp³-hybridized carbons (Fsp3) is 0.474. The molecule has 1 aliphatic rings. The Morgan fingerprint density at radius 1 is 1.21 bits per heavy atom. The molecule has 0 bridgehead atoms. The fourth-order valence-electron chi connectivity index (χ4n) is 2.51. The van der Waals surface area contributed by atoms with Crippen molar-refractivity contribution in [3.63, 3.8) is 0 Å². The number of hydrogen-bond acceptors (Lipinski definition) is 5. The molecule has 1 heterocycles. The zero-order valence-electron chi connectivity index (χ0n) is 14.4. The van der Waals surface area contributed by atoms with E-state index in [2.05, 4.69) is 4.90 Å². The number of ketones is 1. The van der Waals surface area contributed by atoms with Crippen LogP contribution in [0.25, 0.3) is 6.08 Å². The molecule has 0 saturated carbocycles. The monoisotopic (exact) mass is 331 g/mol. The van der Waals surface area contributed by atoms with Crippen LogP contribution in [0.4, 0.5) is 0 Å². The largest absolute Gasteiger partial charge is 0.462 e. The third-order valence-electron chi connectivity index (χ3n) is 3.94. The number of rotatable bonds is 7. The van der Waals surface area contributed by atoms with Crippen LogP contribution in [0.5, 0.6) is 0 Å². The van der Waals surface area contributed by atoms with Gasteiger partial charge in [-0.05, 0) is 25.5 Å². The first-order chi connectivity index (χ1) is 11.6. The van der Waals surface area contributed by atoms with E-state index in [1.54, 1.807) is 13.0 Å². The molecule has 1 fully saturated rings. The van der Waals surface area contributed by atoms with Gasteiger partial charge in [-0.25, -0.2) is 4.79 Å². The molecule has 0 amide bonds. The van der Waals surface area contributed by atoms with Gasteiger partial charge in [-0.15, -0.1) is 0 Å². The van der Waals surface area contributed by atoms with Gasteiger partial charge in [-0.2, -0.15) is 0 Å². The molecule has 2 rings (SSSR count). The number of hydrogen-bond donors (Lipinski definition) is 0. The summed E-state index contributed by atoms with van der Waals surface area (Å²) >= 11 is 0. The maximum absolute atomic E-state index is 12.5. The molecule has 1 aliphatic heterocycles. The Hall–Kier alpha value is -1.98. The van der Waals surface area contributed by atoms with Crippen molar-refractivity contribution in [1.29, 1.82) is 0 Å². The second-order valence-corrected chi connectivity index (χ2v) is 5.82. The van der Waals surface area contributed by atoms with Crippen LogP contribution in [-0.4, -0.2) is 56.1 Å². The fourth-order valence-corrected chi connectivity index (χ4v) is 2.51. The summed E-state index contributed by atoms with van der Waals surface area (Å²) in [6.45, 7) is 7.64. The quantitative estimate of drug-likeness (QED) is 0.332. The third kappa shape index (κ3) is 5.58. The number of benzene rings is 1. The molecule has 0 aromatic heterocycles. The molecule has 1 saturated heterocycles. The highest BCUT2D eigenvalue weighted by Gasteiger charge is 2.21. The number of carbonyl (C=O) groups is 2. The first-order valence-corrected chi connectivity index (χ1v) is 8.39. The van der Waals surface area contributed by atoms with Gasteiger partial charge < -0.3 is 9.47 Å². The van der Waals surface area contributed by atoms with E-state index < -0.39 is 5.97 Å². The lowest BCUT2D eigenvalue weighted by Crippen LogP contribution is -2.37. The number of Topliss-reactive ketones (excluding diaryl/α,β-unsaturated/α-hetero) is 1. The Kier molecular flexibility index (Phi) is 7.15. The second kappa shape index (κ2) is 9.35. The zero-order chi connectivity index (χ0) is 17.4. The van der Waals surface area contributed by atoms with Crippen molar-refractivity contribution in [2.75, 3.05) is 39.5 Å². The standard InChI is InChI=1S/C19H25NO4/c1-3-24-19(22)17(14-16-6-4-15(2)5-7-16)18(21)8-9-20-10-12-23-13-11-20/h4-7,14H,3,8-13H2,1-2H3/b17-14-. The van der Waals surface area contributed by atoms with E-state index >= 15 is 0 Å². The van der Waals surface area contributed by atoms with Gasteiger partial charge in [-0.3, -0.25) is 9.69 Å². The minimum Gasteiger partial charge on any atom is -0.462 e. The summed E-state index contributed by atoms with van der Waals surface area (Å²) in [4.78, 5) is 26.9. The molecule has 0 spiro atoms. The van der Waals surface area contributed by atoms with Gasteiger partial charge in [0.05, 0.1) is 19.8 Å². The molecule has 24 heavy (non-hydrogen) atoms. The summed E-state index contributed by atoms with van der Waals surface area (Å²) in [5.74, 6) is -0.731. The third-order valence-corrected chi connectivity index (χ3v) is 3.94. The summed E-state index contributed by atoms with van der Waals surface area (Å²) in [6, 6.07) is 7.69. The van der Waals surface area contributed by atoms with Gasteiger partial charge in [-0.1, -0.05) is 29.8 Å². The van der Waals surface area contributed by atoms with Gasteiger partial charge in [0.15, 0.2) is 5.78 Å². The first kappa shape index (κ1) is 18.4. The molecule has 1 aromatic rings. The van der Waals surface area contributed by atoms with Crippen molar-refractivity contribution >= 4 is 17.8 Å². The van der Waals surface area contributed by atoms with Crippen LogP contribution in [0, 0.1) is 6.92 Å². The van der Waals surface area contributed by atoms with Crippen molar-refractivity contribution in [2.45, 2.75) is 20.3 Å². The van der Waals surface area contributed by atoms with E-state index in [1.165, 1.54) is 0 Å². The van der Waals surface area contributed by atoms with Crippen molar-refractivity contribution < 1.29 is 19.1 Å². The van der Waals surface area contributed by atoms with Gasteiger partial charge >= 0.3 is 5.97 Å². The highest BCUT2D eigenvalue weighted by atomic mass is 16.5. The van der Waals surface area contributed by atoms with Crippen LogP contribution in [0.1, 0.15) is 24.5 Å². The summed E-state index contributed by atoms with van der Waals surface area (Å²) in [6.07, 6.45) is 1.93. The Bertz CT molecular complexity index is 586. The van der Waals surface area contributed by atoms with Crippen molar-refractivity contribution in [3.05, 3.63) is 41.0 Å². The number of esters is 1. The Labute approximate surface area is 143 Å². The van der Waals surface area contributed by atoms with Crippen LogP contribution in [-0.2, 0) is 19.1 Å². The Morgan fingerprint density at radius 2 is 1.88 bits per heavy atom. The predicted molar refractivity (Wildman–Crippen MR) is 92.7 cm³/mol. The normalized spacial score (nSPS) is 16.0. The zero-order valence-corrected chi connectivity index (χ0v) is 14.4. The smallest absolute Gasteiger partial charge is 0.341 e. The van der Waals surface area contributed by atoms with E-state index in [4.69, 9.17) is 9.47 Å². The van der Waals surface area contributed by atoms with E-state index in [0.717, 1.165) is 24.2 Å². The number of nitrogens with zero attached hydrogens (tertiary/aromatic N) is 1. The highest BCUT2D eigenvalue weighted by molar-refractivity contribution is 6.20. The van der Waals surface area contributed by atoms with Crippen LogP contribution < -0.4 is 0 Å². The molecule has 0 unspecified atom stereocenters. The molecule has 0 radical (unpaired) electrons. The van der Waals surface area contributed by atoms with Gasteiger partial charge in [0, 0.05) is 26.1 Å². The Balaban J connectivity index is 2.07. The number of aryl methyl sites for hydroxylation is 1. The van der Waals surface area contributed by atoms with E-state index in [0.29, 0.717) is 26.2 Å². The number of morpholine rings is 1. The van der Waals surface area contributed by atoms with Crippen molar-refractivity contribution in [1.82, 2.24) is 4.90 Å². The first-order valence-electron chi connectivity index (χ1n) is 8.39. The molecule has 5 nitrogen and oxygen atoms in total. The average Bonchev–Trinajstić information content (AvgIpc) is 2.60. The summed E-state index contributed by atoms with van der Waals surface area (Å²) < 4.78 is 10.4. The molecule has 130 valence electrons. The SMILES string of the molecule is CCOC(=O)/C(=C\c1ccc(C)cc1)C(=O)CCN1CCOCC1. The minimum absolute atomic E-state index is 0.119. The van der Waals surface area contributed by atoms with E-state index in [-0.39, 0.29) is 18.0 Å². The topological polar surface area (TPSA) is 55.8 Å². The summed E-state index contributed by atoms with van der Waals surface area (Å²) in [5, 5.41) is 0. The van der Waals surface area contributed by atoms with Crippen LogP contribution in [0.3, 0.4) is 0 Å². The summed E-state index contributed by atoms with van der Waals surface area (Å²) in [5.41, 5.74) is 2.07. The summed E-state index contributed by atoms with van der Waals surface area (Å²) in [7, 11) is 0. The molecule has 0 N–H and O–H groups in total. The van der Waals surface area contributed by atoms with Crippen LogP contribution in [0.2, 0.25) is 0 Å². The molecule has 1 aromatic carbocycles. The maximum Gasteiger partial charge on any atom is 0.341 e. The van der Waals surface area contributed by atoms with Gasteiger partial charge in [0.1, 0.15) is 5.57 Å². The second-order valence-electron chi connectivity index (χ2n) is 5.82. The molecular formula is C19H25NO4. The maximum atomic E-state index is 12.5. The minimum atomic E-state index is -0.551. The van der Waals surface area contributed by atoms with E-state index in [9.17, 15) is 9.59 Å². The lowest BCUT2D eigenvalue weighted by atomic mass is 10.0. The highest BCUT2D eigenvalue weighted by Crippen LogP contribution is 2.13.